The second-order valence-corrected chi connectivity index (χ2v) is 9.33. The Bertz CT molecular complexity index is 1010. The summed E-state index contributed by atoms with van der Waals surface area (Å²) in [5.74, 6) is -0.644. The van der Waals surface area contributed by atoms with Crippen molar-refractivity contribution in [3.8, 4) is 0 Å². The average Bonchev–Trinajstić information content (AvgIpc) is 3.13. The minimum atomic E-state index is -4.51. The molecule has 1 aromatic carbocycles. The Morgan fingerprint density at radius 3 is 2.52 bits per heavy atom. The van der Waals surface area contributed by atoms with Gasteiger partial charge in [-0.05, 0) is 41.5 Å². The Labute approximate surface area is 170 Å². The molecule has 3 nitrogen and oxygen atoms in total. The van der Waals surface area contributed by atoms with E-state index in [0.717, 1.165) is 17.0 Å². The van der Waals surface area contributed by atoms with Gasteiger partial charge in [-0.3, -0.25) is 14.5 Å². The maximum atomic E-state index is 13.2. The van der Waals surface area contributed by atoms with Crippen LogP contribution < -0.4 is 4.90 Å². The molecule has 0 spiro atoms. The first-order chi connectivity index (χ1) is 13.6. The lowest BCUT2D eigenvalue weighted by atomic mass is 9.70. The van der Waals surface area contributed by atoms with E-state index in [-0.39, 0.29) is 35.1 Å². The summed E-state index contributed by atoms with van der Waals surface area (Å²) in [6.07, 6.45) is -3.62. The molecule has 0 fully saturated rings. The monoisotopic (exact) mass is 419 g/mol. The summed E-state index contributed by atoms with van der Waals surface area (Å²) < 4.78 is 39.7. The van der Waals surface area contributed by atoms with Crippen molar-refractivity contribution in [2.24, 2.45) is 5.41 Å². The third-order valence-corrected chi connectivity index (χ3v) is 6.45. The fourth-order valence-electron chi connectivity index (χ4n) is 4.27. The van der Waals surface area contributed by atoms with Gasteiger partial charge < -0.3 is 0 Å². The van der Waals surface area contributed by atoms with Gasteiger partial charge in [-0.15, -0.1) is 11.3 Å². The topological polar surface area (TPSA) is 37.4 Å². The van der Waals surface area contributed by atoms with Crippen LogP contribution in [0.4, 0.5) is 18.9 Å². The third-order valence-electron chi connectivity index (χ3n) is 5.46. The summed E-state index contributed by atoms with van der Waals surface area (Å²) in [5, 5.41) is 1.90. The Kier molecular flexibility index (Phi) is 4.69. The number of carbonyl (C=O) groups excluding carboxylic acids is 2. The zero-order valence-corrected chi connectivity index (χ0v) is 16.9. The van der Waals surface area contributed by atoms with Crippen LogP contribution in [-0.4, -0.2) is 11.7 Å². The predicted molar refractivity (Wildman–Crippen MR) is 106 cm³/mol. The molecule has 0 bridgehead atoms. The molecule has 1 aliphatic heterocycles. The zero-order valence-electron chi connectivity index (χ0n) is 16.0. The lowest BCUT2D eigenvalue weighted by Gasteiger charge is -2.42. The summed E-state index contributed by atoms with van der Waals surface area (Å²) in [6.45, 7) is 3.89. The molecule has 4 rings (SSSR count). The Hall–Kier alpha value is -2.41. The molecule has 2 aliphatic rings. The van der Waals surface area contributed by atoms with Crippen molar-refractivity contribution in [1.82, 2.24) is 0 Å². The Morgan fingerprint density at radius 2 is 1.86 bits per heavy atom. The van der Waals surface area contributed by atoms with E-state index >= 15 is 0 Å². The summed E-state index contributed by atoms with van der Waals surface area (Å²) in [5.41, 5.74) is 0.0937. The van der Waals surface area contributed by atoms with Gasteiger partial charge in [0.25, 0.3) is 0 Å². The molecule has 0 saturated heterocycles. The number of benzene rings is 1. The number of halogens is 3. The van der Waals surface area contributed by atoms with Gasteiger partial charge in [0.15, 0.2) is 5.78 Å². The Balaban J connectivity index is 1.89. The first-order valence-electron chi connectivity index (χ1n) is 9.37. The van der Waals surface area contributed by atoms with E-state index in [0.29, 0.717) is 24.1 Å². The maximum Gasteiger partial charge on any atom is 0.416 e. The molecule has 1 aliphatic carbocycles. The number of ketones is 1. The number of alkyl halides is 3. The number of anilines is 1. The molecule has 152 valence electrons. The van der Waals surface area contributed by atoms with Gasteiger partial charge in [0, 0.05) is 40.6 Å². The van der Waals surface area contributed by atoms with Crippen LogP contribution in [0.1, 0.15) is 49.5 Å². The summed E-state index contributed by atoms with van der Waals surface area (Å²) in [6, 6.07) is 8.54. The van der Waals surface area contributed by atoms with Crippen molar-refractivity contribution >= 4 is 28.7 Å². The number of allylic oxidation sites excluding steroid dienone is 2. The minimum Gasteiger partial charge on any atom is -0.294 e. The highest BCUT2D eigenvalue weighted by Gasteiger charge is 2.45. The van der Waals surface area contributed by atoms with Gasteiger partial charge >= 0.3 is 6.18 Å². The van der Waals surface area contributed by atoms with Crippen molar-refractivity contribution < 1.29 is 22.8 Å². The van der Waals surface area contributed by atoms with E-state index in [1.54, 1.807) is 0 Å². The molecule has 0 saturated carbocycles. The highest BCUT2D eigenvalue weighted by atomic mass is 32.1. The zero-order chi connectivity index (χ0) is 21.0. The lowest BCUT2D eigenvalue weighted by Crippen LogP contribution is -2.43. The number of hydrogen-bond acceptors (Lipinski definition) is 3. The molecular weight excluding hydrogens is 399 g/mol. The third kappa shape index (κ3) is 3.64. The molecule has 1 amide bonds. The highest BCUT2D eigenvalue weighted by Crippen LogP contribution is 2.49. The fraction of sp³-hybridized carbons (Fsp3) is 0.364. The molecule has 1 aromatic heterocycles. The van der Waals surface area contributed by atoms with Crippen LogP contribution in [0.25, 0.3) is 0 Å². The number of nitrogens with zero attached hydrogens (tertiary/aromatic N) is 1. The van der Waals surface area contributed by atoms with E-state index in [2.05, 4.69) is 0 Å². The van der Waals surface area contributed by atoms with Crippen molar-refractivity contribution in [2.45, 2.75) is 45.2 Å². The number of thiophene rings is 1. The van der Waals surface area contributed by atoms with E-state index in [4.69, 9.17) is 0 Å². The second kappa shape index (κ2) is 6.83. The van der Waals surface area contributed by atoms with E-state index in [9.17, 15) is 22.8 Å². The van der Waals surface area contributed by atoms with Crippen molar-refractivity contribution in [3.63, 3.8) is 0 Å². The first kappa shape index (κ1) is 19.9. The molecule has 0 radical (unpaired) electrons. The lowest BCUT2D eigenvalue weighted by molar-refractivity contribution is -0.137. The van der Waals surface area contributed by atoms with Crippen molar-refractivity contribution in [2.75, 3.05) is 4.90 Å². The van der Waals surface area contributed by atoms with Gasteiger partial charge in [0.05, 0.1) is 5.56 Å². The SMILES string of the molecule is CC1(C)CC(=O)C2=C(C1)N(c1cccc(C(F)(F)F)c1)C(=O)C[C@@H]2c1cccs1. The largest absolute Gasteiger partial charge is 0.416 e. The standard InChI is InChI=1S/C22H20F3NO2S/c1-21(2)11-16-20(17(27)12-21)15(18-7-4-8-29-18)10-19(28)26(16)14-6-3-5-13(9-14)22(23,24)25/h3-9,15H,10-12H2,1-2H3/t15-/m1/s1. The fourth-order valence-corrected chi connectivity index (χ4v) is 5.11. The van der Waals surface area contributed by atoms with Gasteiger partial charge in [0.1, 0.15) is 0 Å². The normalized spacial score (nSPS) is 22.1. The summed E-state index contributed by atoms with van der Waals surface area (Å²) in [4.78, 5) is 28.5. The average molecular weight is 419 g/mol. The van der Waals surface area contributed by atoms with Gasteiger partial charge in [0.2, 0.25) is 5.91 Å². The van der Waals surface area contributed by atoms with E-state index in [1.165, 1.54) is 28.4 Å². The van der Waals surface area contributed by atoms with Crippen LogP contribution in [-0.2, 0) is 15.8 Å². The molecule has 2 heterocycles. The predicted octanol–water partition coefficient (Wildman–Crippen LogP) is 5.93. The highest BCUT2D eigenvalue weighted by molar-refractivity contribution is 7.10. The van der Waals surface area contributed by atoms with Crippen LogP contribution in [0.5, 0.6) is 0 Å². The first-order valence-corrected chi connectivity index (χ1v) is 10.2. The molecule has 0 N–H and O–H groups in total. The van der Waals surface area contributed by atoms with E-state index < -0.39 is 11.7 Å². The van der Waals surface area contributed by atoms with Crippen molar-refractivity contribution in [1.29, 1.82) is 0 Å². The van der Waals surface area contributed by atoms with Crippen molar-refractivity contribution in [3.05, 3.63) is 63.5 Å². The smallest absolute Gasteiger partial charge is 0.294 e. The molecule has 29 heavy (non-hydrogen) atoms. The molecule has 2 aromatic rings. The second-order valence-electron chi connectivity index (χ2n) is 8.35. The molecule has 0 unspecified atom stereocenters. The molecular formula is C22H20F3NO2S. The molecule has 7 heteroatoms. The number of carbonyl (C=O) groups is 2. The van der Waals surface area contributed by atoms with E-state index in [1.807, 2.05) is 31.4 Å². The van der Waals surface area contributed by atoms with Gasteiger partial charge in [-0.1, -0.05) is 26.0 Å². The van der Waals surface area contributed by atoms with Gasteiger partial charge in [-0.25, -0.2) is 0 Å². The van der Waals surface area contributed by atoms with Crippen LogP contribution in [0.2, 0.25) is 0 Å². The number of Topliss-reactive ketones (excluding diaryl/α,β-unsaturated/α-hetero) is 1. The minimum absolute atomic E-state index is 0.0286. The van der Waals surface area contributed by atoms with Gasteiger partial charge in [-0.2, -0.15) is 13.2 Å². The number of rotatable bonds is 2. The number of hydrogen-bond donors (Lipinski definition) is 0. The van der Waals surface area contributed by atoms with Crippen LogP contribution in [0.15, 0.2) is 53.0 Å². The van der Waals surface area contributed by atoms with Crippen LogP contribution in [0, 0.1) is 5.41 Å². The Morgan fingerprint density at radius 1 is 1.10 bits per heavy atom. The summed E-state index contributed by atoms with van der Waals surface area (Å²) in [7, 11) is 0. The van der Waals surface area contributed by atoms with Crippen LogP contribution >= 0.6 is 11.3 Å². The molecule has 1 atom stereocenters. The quantitative estimate of drug-likeness (QED) is 0.605. The maximum absolute atomic E-state index is 13.2. The summed E-state index contributed by atoms with van der Waals surface area (Å²) >= 11 is 1.49. The number of amides is 1. The van der Waals surface area contributed by atoms with Crippen LogP contribution in [0.3, 0.4) is 0 Å².